The highest BCUT2D eigenvalue weighted by atomic mass is 19.1. The number of ether oxygens (including phenoxy) is 1. The van der Waals surface area contributed by atoms with Gasteiger partial charge in [-0.3, -0.25) is 9.36 Å². The lowest BCUT2D eigenvalue weighted by Crippen LogP contribution is -2.37. The normalized spacial score (nSPS) is 24.6. The topological polar surface area (TPSA) is 92.0 Å². The van der Waals surface area contributed by atoms with Crippen LogP contribution in [0.1, 0.15) is 42.6 Å². The molecule has 154 valence electrons. The number of anilines is 1. The first-order valence-corrected chi connectivity index (χ1v) is 9.97. The Kier molecular flexibility index (Phi) is 3.93. The van der Waals surface area contributed by atoms with E-state index in [1.807, 2.05) is 4.90 Å². The molecule has 1 aliphatic carbocycles. The minimum absolute atomic E-state index is 0.0208. The van der Waals surface area contributed by atoms with Crippen LogP contribution in [0.25, 0.3) is 10.9 Å². The summed E-state index contributed by atoms with van der Waals surface area (Å²) in [7, 11) is 0. The molecule has 2 N–H and O–H groups in total. The Morgan fingerprint density at radius 1 is 1.38 bits per heavy atom. The molecule has 2 fully saturated rings. The maximum absolute atomic E-state index is 15.2. The first-order valence-electron chi connectivity index (χ1n) is 9.97. The Hall–Kier alpha value is -2.61. The van der Waals surface area contributed by atoms with Crippen LogP contribution in [0.5, 0.6) is 5.75 Å². The zero-order valence-electron chi connectivity index (χ0n) is 16.2. The zero-order chi connectivity index (χ0) is 20.5. The molecule has 1 aromatic heterocycles. The van der Waals surface area contributed by atoms with Gasteiger partial charge in [-0.2, -0.15) is 0 Å². The molecular formula is C21H23FN2O5. The zero-order valence-corrected chi connectivity index (χ0v) is 16.2. The summed E-state index contributed by atoms with van der Waals surface area (Å²) in [4.78, 5) is 26.3. The van der Waals surface area contributed by atoms with Crippen LogP contribution in [0, 0.1) is 17.2 Å². The van der Waals surface area contributed by atoms with Crippen LogP contribution < -0.4 is 15.2 Å². The number of rotatable bonds is 4. The number of carbonyl (C=O) groups is 1. The minimum atomic E-state index is -1.38. The van der Waals surface area contributed by atoms with Crippen molar-refractivity contribution < 1.29 is 24.1 Å². The standard InChI is InChI=1S/C21H23FN2O5/c1-21(3-4-21)12-2-5-23(8-12)17-15(22)7-11-6-14(20(27)28)19(26)24-13(9-25)10-29-18(17)16(11)24/h6-7,12-13,25H,2-5,8-10H2,1H3,(H,27,28)/t12-,13+/m1/s1. The number of hydrogen-bond donors (Lipinski definition) is 2. The second-order valence-electron chi connectivity index (χ2n) is 8.75. The van der Waals surface area contributed by atoms with Gasteiger partial charge in [0.2, 0.25) is 0 Å². The molecule has 0 amide bonds. The van der Waals surface area contributed by atoms with Crippen molar-refractivity contribution in [3.8, 4) is 5.75 Å². The molecule has 3 heterocycles. The Bertz CT molecular complexity index is 1090. The van der Waals surface area contributed by atoms with Gasteiger partial charge in [0.05, 0.1) is 18.2 Å². The summed E-state index contributed by atoms with van der Waals surface area (Å²) in [6.07, 6.45) is 3.38. The quantitative estimate of drug-likeness (QED) is 0.816. The number of nitrogens with zero attached hydrogens (tertiary/aromatic N) is 2. The predicted octanol–water partition coefficient (Wildman–Crippen LogP) is 2.39. The minimum Gasteiger partial charge on any atom is -0.487 e. The summed E-state index contributed by atoms with van der Waals surface area (Å²) in [5.74, 6) is -1.11. The first-order chi connectivity index (χ1) is 13.8. The molecule has 0 radical (unpaired) electrons. The Labute approximate surface area is 166 Å². The second-order valence-corrected chi connectivity index (χ2v) is 8.75. The predicted molar refractivity (Wildman–Crippen MR) is 104 cm³/mol. The lowest BCUT2D eigenvalue weighted by atomic mass is 9.90. The number of carboxylic acid groups (broad SMARTS) is 1. The summed E-state index contributed by atoms with van der Waals surface area (Å²) in [5.41, 5.74) is -0.143. The van der Waals surface area contributed by atoms with Gasteiger partial charge in [-0.25, -0.2) is 9.18 Å². The molecule has 1 aromatic carbocycles. The SMILES string of the molecule is CC1([C@@H]2CCN(c3c(F)cc4cc(C(=O)O)c(=O)n5c4c3OC[C@@H]5CO)C2)CC1. The third-order valence-electron chi connectivity index (χ3n) is 6.96. The van der Waals surface area contributed by atoms with Crippen LogP contribution in [-0.4, -0.2) is 47.1 Å². The van der Waals surface area contributed by atoms with Gasteiger partial charge in [-0.05, 0) is 42.7 Å². The van der Waals surface area contributed by atoms with E-state index in [1.165, 1.54) is 29.5 Å². The number of aliphatic hydroxyl groups is 1. The van der Waals surface area contributed by atoms with E-state index in [2.05, 4.69) is 6.92 Å². The van der Waals surface area contributed by atoms with Crippen LogP contribution in [0.3, 0.4) is 0 Å². The number of aromatic nitrogens is 1. The van der Waals surface area contributed by atoms with Crippen molar-refractivity contribution in [3.05, 3.63) is 33.9 Å². The Morgan fingerprint density at radius 3 is 2.79 bits per heavy atom. The van der Waals surface area contributed by atoms with E-state index in [4.69, 9.17) is 4.74 Å². The average molecular weight is 402 g/mol. The van der Waals surface area contributed by atoms with E-state index in [1.54, 1.807) is 0 Å². The van der Waals surface area contributed by atoms with Gasteiger partial charge in [0.1, 0.15) is 17.9 Å². The fraction of sp³-hybridized carbons (Fsp3) is 0.524. The molecular weight excluding hydrogens is 379 g/mol. The molecule has 0 bridgehead atoms. The lowest BCUT2D eigenvalue weighted by Gasteiger charge is -2.31. The van der Waals surface area contributed by atoms with Gasteiger partial charge in [-0.1, -0.05) is 6.92 Å². The van der Waals surface area contributed by atoms with Crippen molar-refractivity contribution in [1.29, 1.82) is 0 Å². The maximum atomic E-state index is 15.2. The van der Waals surface area contributed by atoms with Crippen molar-refractivity contribution in [2.24, 2.45) is 11.3 Å². The molecule has 2 aliphatic heterocycles. The van der Waals surface area contributed by atoms with Crippen molar-refractivity contribution >= 4 is 22.6 Å². The fourth-order valence-corrected chi connectivity index (χ4v) is 4.89. The summed E-state index contributed by atoms with van der Waals surface area (Å²) >= 11 is 0. The van der Waals surface area contributed by atoms with E-state index in [0.29, 0.717) is 29.1 Å². The molecule has 0 unspecified atom stereocenters. The third-order valence-corrected chi connectivity index (χ3v) is 6.96. The van der Waals surface area contributed by atoms with Gasteiger partial charge in [-0.15, -0.1) is 0 Å². The largest absolute Gasteiger partial charge is 0.487 e. The number of carboxylic acids is 1. The van der Waals surface area contributed by atoms with Crippen molar-refractivity contribution in [3.63, 3.8) is 0 Å². The molecule has 8 heteroatoms. The summed E-state index contributed by atoms with van der Waals surface area (Å²) in [6.45, 7) is 3.31. The highest BCUT2D eigenvalue weighted by Crippen LogP contribution is 2.55. The first kappa shape index (κ1) is 18.4. The number of aliphatic hydroxyl groups excluding tert-OH is 1. The monoisotopic (exact) mass is 402 g/mol. The van der Waals surface area contributed by atoms with Crippen molar-refractivity contribution in [2.45, 2.75) is 32.2 Å². The van der Waals surface area contributed by atoms with Crippen LogP contribution in [0.15, 0.2) is 16.9 Å². The number of benzene rings is 1. The number of hydrogen-bond acceptors (Lipinski definition) is 5. The molecule has 29 heavy (non-hydrogen) atoms. The molecule has 3 aliphatic rings. The highest BCUT2D eigenvalue weighted by Gasteiger charge is 2.47. The molecule has 0 spiro atoms. The van der Waals surface area contributed by atoms with E-state index >= 15 is 4.39 Å². The Morgan fingerprint density at radius 2 is 2.14 bits per heavy atom. The molecule has 1 saturated carbocycles. The number of halogens is 1. The van der Waals surface area contributed by atoms with E-state index < -0.39 is 29.0 Å². The fourth-order valence-electron chi connectivity index (χ4n) is 4.89. The lowest BCUT2D eigenvalue weighted by molar-refractivity contribution is 0.0692. The van der Waals surface area contributed by atoms with Crippen molar-refractivity contribution in [1.82, 2.24) is 4.57 Å². The van der Waals surface area contributed by atoms with E-state index in [0.717, 1.165) is 13.0 Å². The van der Waals surface area contributed by atoms with E-state index in [-0.39, 0.29) is 24.3 Å². The van der Waals surface area contributed by atoms with Gasteiger partial charge < -0.3 is 19.8 Å². The summed E-state index contributed by atoms with van der Waals surface area (Å²) in [6, 6.07) is 1.74. The summed E-state index contributed by atoms with van der Waals surface area (Å²) in [5, 5.41) is 19.4. The second kappa shape index (κ2) is 6.19. The molecule has 5 rings (SSSR count). The van der Waals surface area contributed by atoms with Crippen LogP contribution in [0.2, 0.25) is 0 Å². The number of aromatic carboxylic acids is 1. The van der Waals surface area contributed by atoms with Crippen LogP contribution >= 0.6 is 0 Å². The molecule has 7 nitrogen and oxygen atoms in total. The average Bonchev–Trinajstić information content (AvgIpc) is 3.24. The summed E-state index contributed by atoms with van der Waals surface area (Å²) < 4.78 is 22.3. The van der Waals surface area contributed by atoms with Gasteiger partial charge >= 0.3 is 5.97 Å². The Balaban J connectivity index is 1.71. The molecule has 2 atom stereocenters. The molecule has 2 aromatic rings. The van der Waals surface area contributed by atoms with Gasteiger partial charge in [0, 0.05) is 18.5 Å². The van der Waals surface area contributed by atoms with Crippen LogP contribution in [-0.2, 0) is 0 Å². The van der Waals surface area contributed by atoms with Crippen LogP contribution in [0.4, 0.5) is 10.1 Å². The van der Waals surface area contributed by atoms with Gasteiger partial charge in [0.15, 0.2) is 11.6 Å². The molecule has 1 saturated heterocycles. The third kappa shape index (κ3) is 2.65. The van der Waals surface area contributed by atoms with Crippen molar-refractivity contribution in [2.75, 3.05) is 31.2 Å². The number of pyridine rings is 1. The maximum Gasteiger partial charge on any atom is 0.341 e. The van der Waals surface area contributed by atoms with Gasteiger partial charge in [0.25, 0.3) is 5.56 Å². The van der Waals surface area contributed by atoms with E-state index in [9.17, 15) is 19.8 Å². The smallest absolute Gasteiger partial charge is 0.341 e. The highest BCUT2D eigenvalue weighted by molar-refractivity contribution is 5.97.